The van der Waals surface area contributed by atoms with Crippen LogP contribution in [0.3, 0.4) is 0 Å². The van der Waals surface area contributed by atoms with E-state index >= 15 is 0 Å². The summed E-state index contributed by atoms with van der Waals surface area (Å²) in [7, 11) is 0. The quantitative estimate of drug-likeness (QED) is 0.892. The molecule has 0 unspecified atom stereocenters. The van der Waals surface area contributed by atoms with Crippen molar-refractivity contribution in [3.8, 4) is 6.07 Å². The lowest BCUT2D eigenvalue weighted by atomic mass is 10.2. The van der Waals surface area contributed by atoms with Gasteiger partial charge < -0.3 is 15.5 Å². The highest BCUT2D eigenvalue weighted by Gasteiger charge is 2.19. The fourth-order valence-electron chi connectivity index (χ4n) is 2.85. The van der Waals surface area contributed by atoms with Gasteiger partial charge in [-0.05, 0) is 25.6 Å². The molecule has 0 atom stereocenters. The highest BCUT2D eigenvalue weighted by molar-refractivity contribution is 5.46. The van der Waals surface area contributed by atoms with E-state index in [9.17, 15) is 0 Å². The zero-order chi connectivity index (χ0) is 16.9. The summed E-state index contributed by atoms with van der Waals surface area (Å²) in [5.41, 5.74) is 7.22. The number of nitriles is 1. The number of hydrogen-bond donors (Lipinski definition) is 1. The van der Waals surface area contributed by atoms with Gasteiger partial charge in [0.25, 0.3) is 0 Å². The maximum Gasteiger partial charge on any atom is 0.132 e. The number of aromatic nitrogens is 3. The van der Waals surface area contributed by atoms with Gasteiger partial charge in [0.2, 0.25) is 0 Å². The molecule has 0 aromatic carbocycles. The molecule has 3 heterocycles. The van der Waals surface area contributed by atoms with Crippen LogP contribution in [0.2, 0.25) is 0 Å². The van der Waals surface area contributed by atoms with E-state index < -0.39 is 0 Å². The lowest BCUT2D eigenvalue weighted by Crippen LogP contribution is -2.47. The van der Waals surface area contributed by atoms with E-state index in [-0.39, 0.29) is 0 Å². The molecule has 0 spiro atoms. The van der Waals surface area contributed by atoms with E-state index in [1.165, 1.54) is 0 Å². The SMILES string of the molecule is Cc1nc(CCN)cc(N2CCN(c3ccc(C#N)cn3)CC2)n1. The highest BCUT2D eigenvalue weighted by Crippen LogP contribution is 2.18. The summed E-state index contributed by atoms with van der Waals surface area (Å²) < 4.78 is 0. The molecule has 7 heteroatoms. The normalized spacial score (nSPS) is 14.5. The van der Waals surface area contributed by atoms with E-state index in [0.29, 0.717) is 12.1 Å². The summed E-state index contributed by atoms with van der Waals surface area (Å²) in [6, 6.07) is 7.84. The summed E-state index contributed by atoms with van der Waals surface area (Å²) >= 11 is 0. The van der Waals surface area contributed by atoms with E-state index in [0.717, 1.165) is 55.8 Å². The molecule has 0 radical (unpaired) electrons. The van der Waals surface area contributed by atoms with Crippen molar-refractivity contribution in [2.24, 2.45) is 5.73 Å². The number of pyridine rings is 1. The Morgan fingerprint density at radius 2 is 1.83 bits per heavy atom. The topological polar surface area (TPSA) is 95.0 Å². The van der Waals surface area contributed by atoms with Gasteiger partial charge in [-0.2, -0.15) is 5.26 Å². The van der Waals surface area contributed by atoms with Gasteiger partial charge in [-0.1, -0.05) is 0 Å². The van der Waals surface area contributed by atoms with Crippen LogP contribution in [-0.2, 0) is 6.42 Å². The van der Waals surface area contributed by atoms with E-state index in [1.54, 1.807) is 6.20 Å². The lowest BCUT2D eigenvalue weighted by molar-refractivity contribution is 0.639. The number of piperazine rings is 1. The Balaban J connectivity index is 1.67. The Hall–Kier alpha value is -2.72. The third-order valence-electron chi connectivity index (χ3n) is 4.08. The van der Waals surface area contributed by atoms with Gasteiger partial charge in [0.1, 0.15) is 23.5 Å². The van der Waals surface area contributed by atoms with Crippen LogP contribution in [-0.4, -0.2) is 47.7 Å². The molecule has 2 aromatic rings. The smallest absolute Gasteiger partial charge is 0.132 e. The van der Waals surface area contributed by atoms with Gasteiger partial charge in [0.15, 0.2) is 0 Å². The second-order valence-electron chi connectivity index (χ2n) is 5.79. The number of rotatable bonds is 4. The number of anilines is 2. The van der Waals surface area contributed by atoms with Gasteiger partial charge in [-0.3, -0.25) is 0 Å². The minimum atomic E-state index is 0.585. The molecular formula is C17H21N7. The summed E-state index contributed by atoms with van der Waals surface area (Å²) in [6.07, 6.45) is 2.39. The average Bonchev–Trinajstić information content (AvgIpc) is 2.62. The fourth-order valence-corrected chi connectivity index (χ4v) is 2.85. The summed E-state index contributed by atoms with van der Waals surface area (Å²) in [4.78, 5) is 17.9. The third-order valence-corrected chi connectivity index (χ3v) is 4.08. The number of nitrogens with two attached hydrogens (primary N) is 1. The van der Waals surface area contributed by atoms with Crippen molar-refractivity contribution < 1.29 is 0 Å². The molecule has 0 bridgehead atoms. The molecule has 1 fully saturated rings. The Morgan fingerprint density at radius 3 is 2.42 bits per heavy atom. The minimum Gasteiger partial charge on any atom is -0.353 e. The Kier molecular flexibility index (Phi) is 4.87. The summed E-state index contributed by atoms with van der Waals surface area (Å²) in [5.74, 6) is 2.67. The molecule has 24 heavy (non-hydrogen) atoms. The van der Waals surface area contributed by atoms with Crippen molar-refractivity contribution in [1.29, 1.82) is 5.26 Å². The molecule has 7 nitrogen and oxygen atoms in total. The van der Waals surface area contributed by atoms with Gasteiger partial charge in [-0.15, -0.1) is 0 Å². The third kappa shape index (κ3) is 3.60. The second-order valence-corrected chi connectivity index (χ2v) is 5.79. The zero-order valence-electron chi connectivity index (χ0n) is 13.8. The van der Waals surface area contributed by atoms with Crippen LogP contribution >= 0.6 is 0 Å². The van der Waals surface area contributed by atoms with Crippen molar-refractivity contribution in [1.82, 2.24) is 15.0 Å². The van der Waals surface area contributed by atoms with Crippen molar-refractivity contribution in [3.63, 3.8) is 0 Å². The second kappa shape index (κ2) is 7.23. The number of hydrogen-bond acceptors (Lipinski definition) is 7. The van der Waals surface area contributed by atoms with Crippen LogP contribution in [0.4, 0.5) is 11.6 Å². The first kappa shape index (κ1) is 16.1. The molecule has 0 saturated carbocycles. The first-order valence-electron chi connectivity index (χ1n) is 8.10. The highest BCUT2D eigenvalue weighted by atomic mass is 15.3. The van der Waals surface area contributed by atoms with Crippen LogP contribution in [0.5, 0.6) is 0 Å². The maximum atomic E-state index is 8.85. The van der Waals surface area contributed by atoms with E-state index in [2.05, 4.69) is 30.8 Å². The summed E-state index contributed by atoms with van der Waals surface area (Å²) in [5, 5.41) is 8.85. The van der Waals surface area contributed by atoms with Crippen LogP contribution in [0.25, 0.3) is 0 Å². The molecule has 1 saturated heterocycles. The summed E-state index contributed by atoms with van der Waals surface area (Å²) in [6.45, 7) is 6.00. The molecule has 3 rings (SSSR count). The first-order chi connectivity index (χ1) is 11.7. The molecule has 2 aromatic heterocycles. The molecule has 0 aliphatic carbocycles. The largest absolute Gasteiger partial charge is 0.353 e. The minimum absolute atomic E-state index is 0.585. The van der Waals surface area contributed by atoms with Gasteiger partial charge in [-0.25, -0.2) is 15.0 Å². The molecular weight excluding hydrogens is 302 g/mol. The standard InChI is InChI=1S/C17H21N7/c1-13-21-15(4-5-18)10-17(22-13)24-8-6-23(7-9-24)16-3-2-14(11-19)12-20-16/h2-3,10,12H,4-9,18H2,1H3. The zero-order valence-corrected chi connectivity index (χ0v) is 13.8. The first-order valence-corrected chi connectivity index (χ1v) is 8.10. The molecule has 1 aliphatic heterocycles. The fraction of sp³-hybridized carbons (Fsp3) is 0.412. The lowest BCUT2D eigenvalue weighted by Gasteiger charge is -2.36. The van der Waals surface area contributed by atoms with Crippen LogP contribution in [0.1, 0.15) is 17.1 Å². The predicted molar refractivity (Wildman–Crippen MR) is 92.9 cm³/mol. The van der Waals surface area contributed by atoms with Crippen molar-refractivity contribution in [3.05, 3.63) is 41.5 Å². The van der Waals surface area contributed by atoms with Crippen molar-refractivity contribution in [2.45, 2.75) is 13.3 Å². The predicted octanol–water partition coefficient (Wildman–Crippen LogP) is 0.879. The van der Waals surface area contributed by atoms with Crippen molar-refractivity contribution in [2.75, 3.05) is 42.5 Å². The number of aryl methyl sites for hydroxylation is 1. The number of nitrogens with zero attached hydrogens (tertiary/aromatic N) is 6. The molecule has 2 N–H and O–H groups in total. The van der Waals surface area contributed by atoms with E-state index in [1.807, 2.05) is 25.1 Å². The van der Waals surface area contributed by atoms with Crippen LogP contribution in [0, 0.1) is 18.3 Å². The average molecular weight is 323 g/mol. The van der Waals surface area contributed by atoms with Gasteiger partial charge >= 0.3 is 0 Å². The molecule has 0 amide bonds. The monoisotopic (exact) mass is 323 g/mol. The molecule has 1 aliphatic rings. The molecule has 124 valence electrons. The Bertz CT molecular complexity index is 728. The van der Waals surface area contributed by atoms with Gasteiger partial charge in [0.05, 0.1) is 5.56 Å². The van der Waals surface area contributed by atoms with Crippen LogP contribution in [0.15, 0.2) is 24.4 Å². The van der Waals surface area contributed by atoms with Crippen LogP contribution < -0.4 is 15.5 Å². The Morgan fingerprint density at radius 1 is 1.12 bits per heavy atom. The van der Waals surface area contributed by atoms with E-state index in [4.69, 9.17) is 11.0 Å². The Labute approximate surface area is 141 Å². The van der Waals surface area contributed by atoms with Gasteiger partial charge in [0, 0.05) is 50.6 Å². The maximum absolute atomic E-state index is 8.85. The van der Waals surface area contributed by atoms with Crippen molar-refractivity contribution >= 4 is 11.6 Å².